The Bertz CT molecular complexity index is 790. The van der Waals surface area contributed by atoms with Crippen LogP contribution in [0, 0.1) is 11.3 Å². The largest absolute Gasteiger partial charge is 0.497 e. The Morgan fingerprint density at radius 3 is 2.00 bits per heavy atom. The third-order valence-electron chi connectivity index (χ3n) is 6.27. The molecule has 1 aliphatic heterocycles. The molecule has 4 rings (SSSR count). The second-order valence-corrected chi connectivity index (χ2v) is 9.46. The predicted octanol–water partition coefficient (Wildman–Crippen LogP) is 5.61. The Morgan fingerprint density at radius 2 is 1.50 bits per heavy atom. The van der Waals surface area contributed by atoms with Crippen molar-refractivity contribution in [2.75, 3.05) is 20.3 Å². The fourth-order valence-corrected chi connectivity index (χ4v) is 5.31. The first kappa shape index (κ1) is 19.3. The molecule has 1 saturated heterocycles. The van der Waals surface area contributed by atoms with E-state index >= 15 is 0 Å². The molecule has 3 nitrogen and oxygen atoms in total. The monoisotopic (exact) mass is 380 g/mol. The quantitative estimate of drug-likeness (QED) is 0.611. The highest BCUT2D eigenvalue weighted by Crippen LogP contribution is 2.53. The Morgan fingerprint density at radius 1 is 0.929 bits per heavy atom. The van der Waals surface area contributed by atoms with Crippen LogP contribution in [0.15, 0.2) is 48.5 Å². The minimum absolute atomic E-state index is 0.0194. The van der Waals surface area contributed by atoms with E-state index in [-0.39, 0.29) is 11.5 Å². The maximum atomic E-state index is 5.86. The summed E-state index contributed by atoms with van der Waals surface area (Å²) in [7, 11) is 1.72. The van der Waals surface area contributed by atoms with Crippen LogP contribution in [0.2, 0.25) is 0 Å². The molecule has 2 aromatic rings. The van der Waals surface area contributed by atoms with Gasteiger partial charge in [-0.2, -0.15) is 0 Å². The van der Waals surface area contributed by atoms with Crippen LogP contribution in [-0.4, -0.2) is 26.4 Å². The number of ether oxygens (including phenoxy) is 3. The van der Waals surface area contributed by atoms with E-state index in [4.69, 9.17) is 14.2 Å². The molecule has 0 N–H and O–H groups in total. The number of hydrogen-bond acceptors (Lipinski definition) is 3. The second-order valence-electron chi connectivity index (χ2n) is 9.46. The van der Waals surface area contributed by atoms with E-state index in [0.717, 1.165) is 24.5 Å². The summed E-state index contributed by atoms with van der Waals surface area (Å²) in [5.74, 6) is 2.51. The molecule has 1 heterocycles. The molecule has 3 unspecified atom stereocenters. The van der Waals surface area contributed by atoms with Gasteiger partial charge in [-0.05, 0) is 66.0 Å². The fourth-order valence-electron chi connectivity index (χ4n) is 5.31. The molecule has 3 atom stereocenters. The van der Waals surface area contributed by atoms with Crippen LogP contribution < -0.4 is 9.47 Å². The van der Waals surface area contributed by atoms with Crippen molar-refractivity contribution in [2.45, 2.75) is 51.6 Å². The first-order valence-corrected chi connectivity index (χ1v) is 10.4. The van der Waals surface area contributed by atoms with Gasteiger partial charge in [0.15, 0.2) is 0 Å². The van der Waals surface area contributed by atoms with Gasteiger partial charge in [-0.1, -0.05) is 45.0 Å². The number of methoxy groups -OCH3 is 1. The molecule has 2 aromatic carbocycles. The van der Waals surface area contributed by atoms with Gasteiger partial charge in [-0.3, -0.25) is 0 Å². The molecule has 0 radical (unpaired) electrons. The molecule has 0 amide bonds. The maximum absolute atomic E-state index is 5.86. The summed E-state index contributed by atoms with van der Waals surface area (Å²) in [6.45, 7) is 8.69. The van der Waals surface area contributed by atoms with Crippen molar-refractivity contribution in [3.8, 4) is 11.5 Å². The average molecular weight is 381 g/mol. The Balaban J connectivity index is 1.69. The summed E-state index contributed by atoms with van der Waals surface area (Å²) in [5.41, 5.74) is 3.09. The summed E-state index contributed by atoms with van der Waals surface area (Å²) < 4.78 is 16.5. The highest BCUT2D eigenvalue weighted by atomic mass is 16.6. The van der Waals surface area contributed by atoms with Gasteiger partial charge in [-0.25, -0.2) is 0 Å². The zero-order valence-electron chi connectivity index (χ0n) is 17.5. The molecular formula is C25H32O3. The second kappa shape index (κ2) is 7.44. The molecule has 3 heteroatoms. The van der Waals surface area contributed by atoms with Crippen LogP contribution in [0.25, 0.3) is 0 Å². The van der Waals surface area contributed by atoms with Crippen molar-refractivity contribution in [3.63, 3.8) is 0 Å². The molecule has 150 valence electrons. The molecule has 2 aliphatic rings. The Labute approximate surface area is 169 Å². The van der Waals surface area contributed by atoms with E-state index in [1.54, 1.807) is 7.11 Å². The van der Waals surface area contributed by atoms with Crippen molar-refractivity contribution in [2.24, 2.45) is 11.3 Å². The molecule has 0 bridgehead atoms. The Hall–Kier alpha value is -2.00. The summed E-state index contributed by atoms with van der Waals surface area (Å²) in [6.07, 6.45) is 3.87. The number of rotatable bonds is 6. The van der Waals surface area contributed by atoms with Gasteiger partial charge in [-0.15, -0.1) is 0 Å². The van der Waals surface area contributed by atoms with E-state index in [1.165, 1.54) is 24.0 Å². The lowest BCUT2D eigenvalue weighted by molar-refractivity contribution is 0.127. The Kier molecular flexibility index (Phi) is 5.13. The standard InChI is InChI=1S/C25H32O3/c1-18-13-24(2,3)17-25(14-18,19-5-9-21(26-4)10-6-19)20-7-11-22(12-8-20)27-15-23-16-28-23/h5-12,18,23H,13-17H2,1-4H3. The lowest BCUT2D eigenvalue weighted by Gasteiger charge is -2.48. The smallest absolute Gasteiger partial charge is 0.119 e. The molecule has 1 aliphatic carbocycles. The van der Waals surface area contributed by atoms with Gasteiger partial charge in [0.25, 0.3) is 0 Å². The van der Waals surface area contributed by atoms with Gasteiger partial charge >= 0.3 is 0 Å². The minimum Gasteiger partial charge on any atom is -0.497 e. The van der Waals surface area contributed by atoms with E-state index in [1.807, 2.05) is 0 Å². The number of benzene rings is 2. The van der Waals surface area contributed by atoms with Gasteiger partial charge in [0.1, 0.15) is 24.2 Å². The molecular weight excluding hydrogens is 348 g/mol. The molecule has 0 spiro atoms. The van der Waals surface area contributed by atoms with Crippen LogP contribution >= 0.6 is 0 Å². The van der Waals surface area contributed by atoms with E-state index < -0.39 is 0 Å². The first-order valence-electron chi connectivity index (χ1n) is 10.4. The van der Waals surface area contributed by atoms with Crippen LogP contribution in [0.3, 0.4) is 0 Å². The van der Waals surface area contributed by atoms with Crippen molar-refractivity contribution in [1.29, 1.82) is 0 Å². The highest BCUT2D eigenvalue weighted by molar-refractivity contribution is 5.44. The van der Waals surface area contributed by atoms with Gasteiger partial charge < -0.3 is 14.2 Å². The van der Waals surface area contributed by atoms with Gasteiger partial charge in [0.2, 0.25) is 0 Å². The zero-order chi connectivity index (χ0) is 19.8. The van der Waals surface area contributed by atoms with Crippen LogP contribution in [0.5, 0.6) is 11.5 Å². The number of epoxide rings is 1. The molecule has 28 heavy (non-hydrogen) atoms. The minimum atomic E-state index is 0.0194. The van der Waals surface area contributed by atoms with Gasteiger partial charge in [0.05, 0.1) is 13.7 Å². The molecule has 1 saturated carbocycles. The van der Waals surface area contributed by atoms with Crippen molar-refractivity contribution in [3.05, 3.63) is 59.7 Å². The summed E-state index contributed by atoms with van der Waals surface area (Å²) in [6, 6.07) is 17.5. The van der Waals surface area contributed by atoms with E-state index in [2.05, 4.69) is 69.3 Å². The topological polar surface area (TPSA) is 31.0 Å². The van der Waals surface area contributed by atoms with Crippen molar-refractivity contribution < 1.29 is 14.2 Å². The van der Waals surface area contributed by atoms with Crippen LogP contribution in [0.4, 0.5) is 0 Å². The summed E-state index contributed by atoms with van der Waals surface area (Å²) in [4.78, 5) is 0. The first-order chi connectivity index (χ1) is 13.4. The maximum Gasteiger partial charge on any atom is 0.119 e. The van der Waals surface area contributed by atoms with E-state index in [9.17, 15) is 0 Å². The summed E-state index contributed by atoms with van der Waals surface area (Å²) >= 11 is 0. The van der Waals surface area contributed by atoms with Crippen LogP contribution in [-0.2, 0) is 10.2 Å². The lowest BCUT2D eigenvalue weighted by atomic mass is 9.55. The van der Waals surface area contributed by atoms with Gasteiger partial charge in [0, 0.05) is 5.41 Å². The SMILES string of the molecule is COc1ccc(C2(c3ccc(OCC4CO4)cc3)CC(C)CC(C)(C)C2)cc1. The van der Waals surface area contributed by atoms with Crippen LogP contribution in [0.1, 0.15) is 51.2 Å². The zero-order valence-corrected chi connectivity index (χ0v) is 17.5. The normalized spacial score (nSPS) is 28.6. The lowest BCUT2D eigenvalue weighted by Crippen LogP contribution is -2.41. The van der Waals surface area contributed by atoms with Crippen molar-refractivity contribution >= 4 is 0 Å². The number of hydrogen-bond donors (Lipinski definition) is 0. The highest BCUT2D eigenvalue weighted by Gasteiger charge is 2.45. The predicted molar refractivity (Wildman–Crippen MR) is 112 cm³/mol. The third kappa shape index (κ3) is 4.05. The fraction of sp³-hybridized carbons (Fsp3) is 0.520. The summed E-state index contributed by atoms with van der Waals surface area (Å²) in [5, 5.41) is 0. The molecule has 0 aromatic heterocycles. The molecule has 2 fully saturated rings. The third-order valence-corrected chi connectivity index (χ3v) is 6.27. The van der Waals surface area contributed by atoms with Crippen molar-refractivity contribution in [1.82, 2.24) is 0 Å². The van der Waals surface area contributed by atoms with E-state index in [0.29, 0.717) is 17.9 Å². The average Bonchev–Trinajstić information content (AvgIpc) is 3.50.